The van der Waals surface area contributed by atoms with E-state index in [1.165, 1.54) is 7.11 Å². The van der Waals surface area contributed by atoms with Crippen LogP contribution >= 0.6 is 0 Å². The van der Waals surface area contributed by atoms with Gasteiger partial charge in [-0.05, 0) is 26.0 Å². The van der Waals surface area contributed by atoms with Crippen molar-refractivity contribution in [2.75, 3.05) is 76.7 Å². The molecular weight excluding hydrogens is 639 g/mol. The molecule has 0 aromatic carbocycles. The fourth-order valence-electron chi connectivity index (χ4n) is 5.01. The predicted octanol–water partition coefficient (Wildman–Crippen LogP) is 0.122. The summed E-state index contributed by atoms with van der Waals surface area (Å²) in [5.41, 5.74) is 7.50. The van der Waals surface area contributed by atoms with Crippen LogP contribution in [0.2, 0.25) is 0 Å². The number of allylic oxidation sites excluding steroid dienone is 1. The highest BCUT2D eigenvalue weighted by Gasteiger charge is 2.35. The minimum Gasteiger partial charge on any atom is -0.481 e. The third-order valence-electron chi connectivity index (χ3n) is 7.70. The Labute approximate surface area is 285 Å². The van der Waals surface area contributed by atoms with Crippen molar-refractivity contribution < 1.29 is 28.6 Å². The zero-order valence-electron chi connectivity index (χ0n) is 28.5. The molecule has 270 valence electrons. The number of aliphatic imine (C=N–C) groups is 1. The quantitative estimate of drug-likeness (QED) is 0.0420. The van der Waals surface area contributed by atoms with E-state index in [1.807, 2.05) is 0 Å². The third-order valence-corrected chi connectivity index (χ3v) is 7.70. The number of carbonyl (C=O) groups excluding carboxylic acids is 2. The number of unbranched alkanes of at least 4 members (excludes halogenated alkanes) is 4. The van der Waals surface area contributed by atoms with E-state index in [-0.39, 0.29) is 43.9 Å². The lowest BCUT2D eigenvalue weighted by molar-refractivity contribution is -0.138. The van der Waals surface area contributed by atoms with E-state index in [1.54, 1.807) is 41.0 Å². The van der Waals surface area contributed by atoms with Gasteiger partial charge in [-0.1, -0.05) is 25.8 Å². The summed E-state index contributed by atoms with van der Waals surface area (Å²) >= 11 is 0. The second-order valence-corrected chi connectivity index (χ2v) is 11.7. The Morgan fingerprint density at radius 3 is 2.69 bits per heavy atom. The molecule has 3 rings (SSSR count). The van der Waals surface area contributed by atoms with Crippen LogP contribution in [0.15, 0.2) is 35.6 Å². The van der Waals surface area contributed by atoms with Crippen LogP contribution in [0.4, 0.5) is 16.2 Å². The first-order valence-electron chi connectivity index (χ1n) is 16.2. The number of carbonyl (C=O) groups is 3. The highest BCUT2D eigenvalue weighted by Crippen LogP contribution is 2.26. The van der Waals surface area contributed by atoms with E-state index in [2.05, 4.69) is 47.8 Å². The summed E-state index contributed by atoms with van der Waals surface area (Å²) in [4.78, 5) is 55.9. The zero-order chi connectivity index (χ0) is 35.8. The van der Waals surface area contributed by atoms with Gasteiger partial charge in [0, 0.05) is 39.8 Å². The molecular formula is C31H49FN12O5. The van der Waals surface area contributed by atoms with Crippen LogP contribution in [0.3, 0.4) is 0 Å². The van der Waals surface area contributed by atoms with Crippen LogP contribution in [0.25, 0.3) is 11.2 Å². The van der Waals surface area contributed by atoms with Gasteiger partial charge in [0.05, 0.1) is 45.3 Å². The summed E-state index contributed by atoms with van der Waals surface area (Å²) in [6.07, 6.45) is 7.62. The van der Waals surface area contributed by atoms with Gasteiger partial charge in [-0.3, -0.25) is 24.3 Å². The number of amides is 2. The number of carboxylic acids is 1. The molecule has 18 heteroatoms. The number of hydrogen-bond donors (Lipinski definition) is 6. The van der Waals surface area contributed by atoms with Crippen LogP contribution in [0.5, 0.6) is 0 Å². The van der Waals surface area contributed by atoms with Crippen LogP contribution < -0.4 is 31.9 Å². The molecule has 7 N–H and O–H groups in total. The van der Waals surface area contributed by atoms with Crippen LogP contribution in [0, 0.1) is 0 Å². The predicted molar refractivity (Wildman–Crippen MR) is 185 cm³/mol. The van der Waals surface area contributed by atoms with Gasteiger partial charge in [0.15, 0.2) is 17.0 Å². The Balaban J connectivity index is 1.44. The van der Waals surface area contributed by atoms with Gasteiger partial charge in [0.1, 0.15) is 11.9 Å². The van der Waals surface area contributed by atoms with E-state index in [0.29, 0.717) is 48.9 Å². The van der Waals surface area contributed by atoms with E-state index in [9.17, 15) is 18.8 Å². The van der Waals surface area contributed by atoms with Crippen LogP contribution in [-0.2, 0) is 26.2 Å². The van der Waals surface area contributed by atoms with Crippen molar-refractivity contribution in [3.8, 4) is 0 Å². The maximum Gasteiger partial charge on any atom is 0.317 e. The molecule has 1 aliphatic heterocycles. The molecule has 1 saturated heterocycles. The largest absolute Gasteiger partial charge is 0.481 e. The number of nitrogens with two attached hydrogens (primary N) is 1. The Morgan fingerprint density at radius 1 is 1.20 bits per heavy atom. The summed E-state index contributed by atoms with van der Waals surface area (Å²) in [5, 5.41) is 20.4. The van der Waals surface area contributed by atoms with Gasteiger partial charge in [0.2, 0.25) is 23.6 Å². The maximum atomic E-state index is 14.8. The second-order valence-electron chi connectivity index (χ2n) is 11.7. The number of carboxylic acid groups (broad SMARTS) is 1. The number of ether oxygens (including phenoxy) is 1. The molecule has 0 radical (unpaired) electrons. The molecule has 1 aliphatic rings. The smallest absolute Gasteiger partial charge is 0.317 e. The lowest BCUT2D eigenvalue weighted by Crippen LogP contribution is -2.40. The number of aryl methyl sites for hydroxylation is 1. The summed E-state index contributed by atoms with van der Waals surface area (Å²) < 4.78 is 21.8. The monoisotopic (exact) mass is 688 g/mol. The molecule has 17 nitrogen and oxygen atoms in total. The number of nitrogens with zero attached hydrogens (tertiary/aromatic N) is 7. The summed E-state index contributed by atoms with van der Waals surface area (Å²) in [6.45, 7) is 5.98. The van der Waals surface area contributed by atoms with Gasteiger partial charge in [0.25, 0.3) is 0 Å². The molecule has 1 unspecified atom stereocenters. The number of methoxy groups -OCH3 is 1. The summed E-state index contributed by atoms with van der Waals surface area (Å²) in [7, 11) is 4.95. The summed E-state index contributed by atoms with van der Waals surface area (Å²) in [5.74, 6) is -0.731. The number of alkyl halides is 1. The van der Waals surface area contributed by atoms with Crippen molar-refractivity contribution in [1.29, 1.82) is 0 Å². The fraction of sp³-hybridized carbons (Fsp3) is 0.581. The van der Waals surface area contributed by atoms with E-state index >= 15 is 0 Å². The lowest BCUT2D eigenvalue weighted by atomic mass is 10.1. The lowest BCUT2D eigenvalue weighted by Gasteiger charge is -2.18. The van der Waals surface area contributed by atoms with Crippen molar-refractivity contribution in [2.24, 2.45) is 17.8 Å². The van der Waals surface area contributed by atoms with Crippen molar-refractivity contribution >= 4 is 46.9 Å². The normalized spacial score (nSPS) is 16.6. The molecule has 2 aromatic rings. The van der Waals surface area contributed by atoms with E-state index < -0.39 is 24.1 Å². The van der Waals surface area contributed by atoms with Crippen molar-refractivity contribution in [3.05, 3.63) is 30.6 Å². The van der Waals surface area contributed by atoms with Gasteiger partial charge in [-0.25, -0.2) is 9.37 Å². The average Bonchev–Trinajstić information content (AvgIpc) is 3.63. The number of anilines is 2. The number of halogens is 1. The zero-order valence-corrected chi connectivity index (χ0v) is 28.5. The van der Waals surface area contributed by atoms with Gasteiger partial charge in [-0.15, -0.1) is 0 Å². The second kappa shape index (κ2) is 19.9. The highest BCUT2D eigenvalue weighted by atomic mass is 19.1. The van der Waals surface area contributed by atoms with Crippen molar-refractivity contribution in [3.63, 3.8) is 0 Å². The minimum atomic E-state index is -1.32. The number of aromatic nitrogens is 4. The minimum absolute atomic E-state index is 0.00163. The van der Waals surface area contributed by atoms with Gasteiger partial charge in [-0.2, -0.15) is 9.97 Å². The molecule has 2 amide bonds. The Bertz CT molecular complexity index is 1480. The Morgan fingerprint density at radius 2 is 1.96 bits per heavy atom. The summed E-state index contributed by atoms with van der Waals surface area (Å²) in [6, 6.07) is -0.731. The number of rotatable bonds is 22. The molecule has 3 heterocycles. The number of hydrogen-bond acceptors (Lipinski definition) is 13. The van der Waals surface area contributed by atoms with E-state index in [4.69, 9.17) is 15.6 Å². The molecule has 0 bridgehead atoms. The van der Waals surface area contributed by atoms with Gasteiger partial charge >= 0.3 is 5.97 Å². The first-order valence-corrected chi connectivity index (χ1v) is 16.2. The highest BCUT2D eigenvalue weighted by molar-refractivity contribution is 5.91. The first-order chi connectivity index (χ1) is 23.5. The maximum absolute atomic E-state index is 14.8. The fourth-order valence-corrected chi connectivity index (χ4v) is 5.01. The molecule has 49 heavy (non-hydrogen) atoms. The molecule has 0 aliphatic carbocycles. The third kappa shape index (κ3) is 12.6. The molecule has 2 atom stereocenters. The number of aliphatic carboxylic acids is 1. The number of imidazole rings is 1. The Kier molecular flexibility index (Phi) is 15.6. The molecule has 0 saturated carbocycles. The molecule has 2 aromatic heterocycles. The number of likely N-dealkylation sites (N-methyl/N-ethyl adjacent to an activating group) is 1. The average molecular weight is 689 g/mol. The van der Waals surface area contributed by atoms with Gasteiger partial charge < -0.3 is 46.3 Å². The Hall–Kier alpha value is -4.84. The van der Waals surface area contributed by atoms with Crippen LogP contribution in [-0.4, -0.2) is 132 Å². The van der Waals surface area contributed by atoms with E-state index in [0.717, 1.165) is 38.2 Å². The number of nitrogens with one attached hydrogen (secondary N) is 4. The van der Waals surface area contributed by atoms with Crippen molar-refractivity contribution in [1.82, 2.24) is 40.4 Å². The molecule has 0 spiro atoms. The number of fused-ring (bicyclic) bond motifs is 1. The van der Waals surface area contributed by atoms with Crippen LogP contribution in [0.1, 0.15) is 32.1 Å². The standard InChI is InChI=1S/C31H49FN12O5/c1-5-24(45)38-23-18-44(17-21(23)32)31-40-29(27-30(41-31)43(3)20-37-27)39-22(28(33)49-4)15-34-11-9-7-6-8-10-12-36-25(46)16-35-13-14-42(2)19-26(47)48/h5,15,20-21,23,35H,1,6-14,16-19,33H2,2-4H3,(H,36,46)(H,38,45)(H,47,48)(H,39,40,41)/t21-,23?/m1/s1. The first kappa shape index (κ1) is 38.6. The van der Waals surface area contributed by atoms with Crippen molar-refractivity contribution in [2.45, 2.75) is 44.3 Å². The SMILES string of the molecule is C=CC(=O)NC1CN(c2nc(NC(C=NCCCCCCCNC(=O)CNCCN(C)CC(=O)O)=C(N)OC)c3ncn(C)c3n2)C[C@H]1F. The topological polar surface area (TPSA) is 217 Å². The molecule has 1 fully saturated rings.